The smallest absolute Gasteiger partial charge is 0.300 e. The maximum atomic E-state index is 13.2. The van der Waals surface area contributed by atoms with Gasteiger partial charge in [0.2, 0.25) is 0 Å². The van der Waals surface area contributed by atoms with E-state index < -0.39 is 17.7 Å². The van der Waals surface area contributed by atoms with E-state index in [1.165, 1.54) is 18.1 Å². The summed E-state index contributed by atoms with van der Waals surface area (Å²) in [6, 6.07) is 15.7. The Morgan fingerprint density at radius 3 is 2.21 bits per heavy atom. The second-order valence-corrected chi connectivity index (χ2v) is 8.75. The van der Waals surface area contributed by atoms with Gasteiger partial charge in [0.15, 0.2) is 0 Å². The fourth-order valence-corrected chi connectivity index (χ4v) is 4.34. The summed E-state index contributed by atoms with van der Waals surface area (Å²) in [5.74, 6) is -1.54. The van der Waals surface area contributed by atoms with Crippen LogP contribution in [0.25, 0.3) is 5.76 Å². The molecule has 1 aliphatic rings. The lowest BCUT2D eigenvalue weighted by Gasteiger charge is -2.26. The van der Waals surface area contributed by atoms with E-state index in [1.807, 2.05) is 19.1 Å². The highest BCUT2D eigenvalue weighted by molar-refractivity contribution is 6.52. The molecule has 0 aliphatic carbocycles. The molecule has 1 saturated heterocycles. The fourth-order valence-electron chi connectivity index (χ4n) is 3.77. The molecule has 1 N–H and O–H groups in total. The Hall–Kier alpha value is -2.99. The van der Waals surface area contributed by atoms with Crippen molar-refractivity contribution in [2.24, 2.45) is 0 Å². The topological polar surface area (TPSA) is 66.8 Å². The van der Waals surface area contributed by atoms with Gasteiger partial charge in [0, 0.05) is 11.3 Å². The SMILES string of the molecule is COc1ccc(/C(O)=C2/C(=O)C(=O)N(c3ccc(C)cc3)C2c2ccc(Cl)c(Cl)c2)cc1Cl. The number of carbonyl (C=O) groups is 2. The van der Waals surface area contributed by atoms with E-state index >= 15 is 0 Å². The average Bonchev–Trinajstić information content (AvgIpc) is 3.06. The number of anilines is 1. The molecule has 8 heteroatoms. The van der Waals surface area contributed by atoms with Crippen LogP contribution in [0, 0.1) is 6.92 Å². The van der Waals surface area contributed by atoms with E-state index in [2.05, 4.69) is 0 Å². The Labute approximate surface area is 205 Å². The van der Waals surface area contributed by atoms with Crippen molar-refractivity contribution in [1.82, 2.24) is 0 Å². The standard InChI is InChI=1S/C25H18Cl3NO4/c1-13-3-7-16(8-4-13)29-22(14-5-9-17(26)18(27)11-14)21(24(31)25(29)32)23(30)15-6-10-20(33-2)19(28)12-15/h3-12,22,30H,1-2H3/b23-21-. The third-order valence-electron chi connectivity index (χ3n) is 5.44. The molecule has 5 nitrogen and oxygen atoms in total. The molecule has 4 rings (SSSR count). The zero-order chi connectivity index (χ0) is 23.9. The first-order valence-electron chi connectivity index (χ1n) is 9.89. The summed E-state index contributed by atoms with van der Waals surface area (Å²) in [7, 11) is 1.47. The van der Waals surface area contributed by atoms with Gasteiger partial charge in [-0.25, -0.2) is 0 Å². The van der Waals surface area contributed by atoms with Crippen molar-refractivity contribution in [3.05, 3.63) is 98.0 Å². The number of nitrogens with zero attached hydrogens (tertiary/aromatic N) is 1. The minimum absolute atomic E-state index is 0.0832. The first-order chi connectivity index (χ1) is 15.7. The van der Waals surface area contributed by atoms with Crippen LogP contribution >= 0.6 is 34.8 Å². The van der Waals surface area contributed by atoms with Gasteiger partial charge in [0.25, 0.3) is 11.7 Å². The minimum Gasteiger partial charge on any atom is -0.507 e. The molecule has 1 fully saturated rings. The average molecular weight is 503 g/mol. The van der Waals surface area contributed by atoms with Crippen LogP contribution in [0.5, 0.6) is 5.75 Å². The number of ketones is 1. The number of halogens is 3. The highest BCUT2D eigenvalue weighted by Crippen LogP contribution is 2.43. The number of ether oxygens (including phenoxy) is 1. The molecule has 1 aliphatic heterocycles. The van der Waals surface area contributed by atoms with E-state index in [9.17, 15) is 14.7 Å². The molecular formula is C25H18Cl3NO4. The zero-order valence-electron chi connectivity index (χ0n) is 17.6. The maximum Gasteiger partial charge on any atom is 0.300 e. The number of carbonyl (C=O) groups excluding carboxylic acids is 2. The second kappa shape index (κ2) is 9.10. The number of methoxy groups -OCH3 is 1. The number of hydrogen-bond acceptors (Lipinski definition) is 4. The molecule has 0 bridgehead atoms. The van der Waals surface area contributed by atoms with Crippen molar-refractivity contribution in [3.63, 3.8) is 0 Å². The first-order valence-corrected chi connectivity index (χ1v) is 11.0. The van der Waals surface area contributed by atoms with Gasteiger partial charge in [0.05, 0.1) is 33.8 Å². The van der Waals surface area contributed by atoms with Crippen molar-refractivity contribution >= 4 is 57.9 Å². The monoisotopic (exact) mass is 501 g/mol. The Morgan fingerprint density at radius 2 is 1.61 bits per heavy atom. The lowest BCUT2D eigenvalue weighted by atomic mass is 9.95. The summed E-state index contributed by atoms with van der Waals surface area (Å²) in [4.78, 5) is 27.7. The van der Waals surface area contributed by atoms with Gasteiger partial charge in [-0.05, 0) is 55.0 Å². The summed E-state index contributed by atoms with van der Waals surface area (Å²) in [6.07, 6.45) is 0. The van der Waals surface area contributed by atoms with Crippen molar-refractivity contribution < 1.29 is 19.4 Å². The molecule has 0 saturated carbocycles. The summed E-state index contributed by atoms with van der Waals surface area (Å²) in [6.45, 7) is 1.92. The fraction of sp³-hybridized carbons (Fsp3) is 0.120. The molecule has 1 amide bonds. The number of aliphatic hydroxyl groups excluding tert-OH is 1. The summed E-state index contributed by atoms with van der Waals surface area (Å²) < 4.78 is 5.16. The van der Waals surface area contributed by atoms with Crippen LogP contribution in [-0.2, 0) is 9.59 Å². The maximum absolute atomic E-state index is 13.2. The van der Waals surface area contributed by atoms with E-state index in [1.54, 1.807) is 42.5 Å². The number of Topliss-reactive ketones (excluding diaryl/α,β-unsaturated/α-hetero) is 1. The quantitative estimate of drug-likeness (QED) is 0.248. The molecule has 0 spiro atoms. The van der Waals surface area contributed by atoms with Crippen LogP contribution in [0.4, 0.5) is 5.69 Å². The highest BCUT2D eigenvalue weighted by Gasteiger charge is 2.47. The molecule has 1 heterocycles. The molecule has 1 atom stereocenters. The van der Waals surface area contributed by atoms with Crippen LogP contribution in [0.1, 0.15) is 22.7 Å². The molecular weight excluding hydrogens is 485 g/mol. The summed E-state index contributed by atoms with van der Waals surface area (Å²) in [5, 5.41) is 12.0. The zero-order valence-corrected chi connectivity index (χ0v) is 19.9. The third-order valence-corrected chi connectivity index (χ3v) is 6.48. The van der Waals surface area contributed by atoms with Gasteiger partial charge >= 0.3 is 0 Å². The predicted molar refractivity (Wildman–Crippen MR) is 130 cm³/mol. The van der Waals surface area contributed by atoms with Gasteiger partial charge in [0.1, 0.15) is 11.5 Å². The van der Waals surface area contributed by atoms with Gasteiger partial charge in [-0.2, -0.15) is 0 Å². The molecule has 33 heavy (non-hydrogen) atoms. The minimum atomic E-state index is -0.927. The largest absolute Gasteiger partial charge is 0.507 e. The Bertz CT molecular complexity index is 1300. The summed E-state index contributed by atoms with van der Waals surface area (Å²) in [5.41, 5.74) is 2.21. The Kier molecular flexibility index (Phi) is 6.39. The van der Waals surface area contributed by atoms with Crippen molar-refractivity contribution in [3.8, 4) is 5.75 Å². The molecule has 3 aromatic carbocycles. The Morgan fingerprint density at radius 1 is 0.909 bits per heavy atom. The normalized spacial score (nSPS) is 17.5. The van der Waals surface area contributed by atoms with Crippen LogP contribution in [0.3, 0.4) is 0 Å². The number of aliphatic hydroxyl groups is 1. The predicted octanol–water partition coefficient (Wildman–Crippen LogP) is 6.59. The van der Waals surface area contributed by atoms with Crippen molar-refractivity contribution in [2.45, 2.75) is 13.0 Å². The second-order valence-electron chi connectivity index (χ2n) is 7.53. The molecule has 0 radical (unpaired) electrons. The molecule has 1 unspecified atom stereocenters. The number of benzene rings is 3. The molecule has 0 aromatic heterocycles. The first kappa shape index (κ1) is 23.2. The van der Waals surface area contributed by atoms with E-state index in [0.717, 1.165) is 5.56 Å². The number of rotatable bonds is 4. The lowest BCUT2D eigenvalue weighted by molar-refractivity contribution is -0.132. The van der Waals surface area contributed by atoms with E-state index in [0.29, 0.717) is 22.0 Å². The van der Waals surface area contributed by atoms with E-state index in [4.69, 9.17) is 39.5 Å². The molecule has 3 aromatic rings. The van der Waals surface area contributed by atoms with Gasteiger partial charge < -0.3 is 9.84 Å². The van der Waals surface area contributed by atoms with Crippen LogP contribution in [-0.4, -0.2) is 23.9 Å². The van der Waals surface area contributed by atoms with E-state index in [-0.39, 0.29) is 26.9 Å². The van der Waals surface area contributed by atoms with Crippen LogP contribution in [0.15, 0.2) is 66.2 Å². The van der Waals surface area contributed by atoms with Gasteiger partial charge in [-0.1, -0.05) is 58.6 Å². The Balaban J connectivity index is 1.95. The van der Waals surface area contributed by atoms with Crippen molar-refractivity contribution in [2.75, 3.05) is 12.0 Å². The lowest BCUT2D eigenvalue weighted by Crippen LogP contribution is -2.29. The third kappa shape index (κ3) is 4.20. The van der Waals surface area contributed by atoms with Gasteiger partial charge in [-0.15, -0.1) is 0 Å². The van der Waals surface area contributed by atoms with Crippen molar-refractivity contribution in [1.29, 1.82) is 0 Å². The number of hydrogen-bond donors (Lipinski definition) is 1. The number of amides is 1. The summed E-state index contributed by atoms with van der Waals surface area (Å²) >= 11 is 18.6. The number of aryl methyl sites for hydroxylation is 1. The van der Waals surface area contributed by atoms with Crippen LogP contribution in [0.2, 0.25) is 15.1 Å². The molecule has 168 valence electrons. The van der Waals surface area contributed by atoms with Crippen LogP contribution < -0.4 is 9.64 Å². The highest BCUT2D eigenvalue weighted by atomic mass is 35.5. The van der Waals surface area contributed by atoms with Gasteiger partial charge in [-0.3, -0.25) is 14.5 Å².